The molecule has 2 aromatic carbocycles. The molecule has 1 aliphatic rings. The fourth-order valence-electron chi connectivity index (χ4n) is 3.56. The van der Waals surface area contributed by atoms with Crippen molar-refractivity contribution in [1.29, 1.82) is 0 Å². The maximum absolute atomic E-state index is 12.9. The minimum absolute atomic E-state index is 0.0552. The molecule has 0 aliphatic carbocycles. The van der Waals surface area contributed by atoms with Gasteiger partial charge in [-0.2, -0.15) is 0 Å². The zero-order chi connectivity index (χ0) is 21.1. The molecule has 1 aromatic heterocycles. The average Bonchev–Trinajstić information content (AvgIpc) is 3.19. The number of anilines is 1. The second-order valence-electron chi connectivity index (χ2n) is 7.41. The molecule has 30 heavy (non-hydrogen) atoms. The van der Waals surface area contributed by atoms with E-state index in [9.17, 15) is 4.79 Å². The maximum Gasteiger partial charge on any atom is 0.253 e. The van der Waals surface area contributed by atoms with Crippen molar-refractivity contribution in [3.05, 3.63) is 74.7 Å². The molecule has 7 heteroatoms. The van der Waals surface area contributed by atoms with Crippen LogP contribution in [0.25, 0.3) is 0 Å². The zero-order valence-corrected chi connectivity index (χ0v) is 18.7. The molecule has 0 atom stereocenters. The molecule has 4 rings (SSSR count). The van der Waals surface area contributed by atoms with Gasteiger partial charge in [-0.3, -0.25) is 4.79 Å². The first kappa shape index (κ1) is 20.7. The van der Waals surface area contributed by atoms with Gasteiger partial charge in [-0.15, -0.1) is 11.3 Å². The molecule has 0 unspecified atom stereocenters. The lowest BCUT2D eigenvalue weighted by Gasteiger charge is -2.37. The van der Waals surface area contributed by atoms with Crippen molar-refractivity contribution < 1.29 is 9.53 Å². The quantitative estimate of drug-likeness (QED) is 0.561. The summed E-state index contributed by atoms with van der Waals surface area (Å²) < 4.78 is 5.78. The van der Waals surface area contributed by atoms with E-state index in [4.69, 9.17) is 16.3 Å². The number of hydrogen-bond donors (Lipinski definition) is 0. The first-order chi connectivity index (χ1) is 14.5. The number of piperazine rings is 1. The molecule has 5 nitrogen and oxygen atoms in total. The van der Waals surface area contributed by atoms with Gasteiger partial charge in [-0.25, -0.2) is 4.98 Å². The number of benzene rings is 2. The van der Waals surface area contributed by atoms with Gasteiger partial charge in [-0.05, 0) is 55.8 Å². The van der Waals surface area contributed by atoms with Crippen LogP contribution >= 0.6 is 22.9 Å². The van der Waals surface area contributed by atoms with Gasteiger partial charge in [-0.1, -0.05) is 17.7 Å². The Kier molecular flexibility index (Phi) is 6.25. The minimum atomic E-state index is 0.0552. The fraction of sp³-hybridized carbons (Fsp3) is 0.304. The number of hydrogen-bond acceptors (Lipinski definition) is 5. The number of aryl methyl sites for hydroxylation is 2. The summed E-state index contributed by atoms with van der Waals surface area (Å²) in [4.78, 5) is 21.5. The number of halogens is 1. The fourth-order valence-corrected chi connectivity index (χ4v) is 4.41. The van der Waals surface area contributed by atoms with Gasteiger partial charge in [0.25, 0.3) is 5.91 Å². The summed E-state index contributed by atoms with van der Waals surface area (Å²) in [5, 5.41) is 3.69. The third-order valence-corrected chi connectivity index (χ3v) is 6.38. The predicted molar refractivity (Wildman–Crippen MR) is 122 cm³/mol. The summed E-state index contributed by atoms with van der Waals surface area (Å²) in [7, 11) is 0. The highest BCUT2D eigenvalue weighted by atomic mass is 35.5. The highest BCUT2D eigenvalue weighted by Gasteiger charge is 2.23. The van der Waals surface area contributed by atoms with E-state index in [1.54, 1.807) is 11.3 Å². The second kappa shape index (κ2) is 9.06. The summed E-state index contributed by atoms with van der Waals surface area (Å²) in [6.45, 7) is 7.46. The van der Waals surface area contributed by atoms with Crippen molar-refractivity contribution in [2.75, 3.05) is 31.1 Å². The number of amides is 1. The Morgan fingerprint density at radius 1 is 1.10 bits per heavy atom. The largest absolute Gasteiger partial charge is 0.486 e. The van der Waals surface area contributed by atoms with Crippen molar-refractivity contribution in [3.63, 3.8) is 0 Å². The van der Waals surface area contributed by atoms with E-state index in [1.165, 1.54) is 5.56 Å². The number of carbonyl (C=O) groups excluding carboxylic acids is 1. The molecule has 1 fully saturated rings. The summed E-state index contributed by atoms with van der Waals surface area (Å²) in [5.41, 5.74) is 4.03. The van der Waals surface area contributed by atoms with Crippen molar-refractivity contribution in [1.82, 2.24) is 9.88 Å². The van der Waals surface area contributed by atoms with E-state index in [0.29, 0.717) is 25.3 Å². The summed E-state index contributed by atoms with van der Waals surface area (Å²) in [5.74, 6) is 0.792. The molecule has 2 heterocycles. The van der Waals surface area contributed by atoms with Crippen LogP contribution in [0.3, 0.4) is 0 Å². The van der Waals surface area contributed by atoms with Crippen LogP contribution in [0, 0.1) is 13.8 Å². The molecule has 0 saturated carbocycles. The first-order valence-corrected chi connectivity index (χ1v) is 11.2. The van der Waals surface area contributed by atoms with Gasteiger partial charge < -0.3 is 14.5 Å². The van der Waals surface area contributed by atoms with Crippen LogP contribution in [0.15, 0.2) is 47.8 Å². The molecule has 0 spiro atoms. The van der Waals surface area contributed by atoms with Crippen LogP contribution in [0.4, 0.5) is 5.69 Å². The van der Waals surface area contributed by atoms with Crippen molar-refractivity contribution in [2.45, 2.75) is 20.5 Å². The number of nitrogens with zero attached hydrogens (tertiary/aromatic N) is 3. The van der Waals surface area contributed by atoms with Crippen molar-refractivity contribution >= 4 is 34.5 Å². The van der Waals surface area contributed by atoms with E-state index in [1.807, 2.05) is 59.7 Å². The molecule has 0 bridgehead atoms. The van der Waals surface area contributed by atoms with Crippen LogP contribution in [-0.4, -0.2) is 42.0 Å². The molecule has 3 aromatic rings. The molecular weight excluding hydrogens is 418 g/mol. The summed E-state index contributed by atoms with van der Waals surface area (Å²) in [6, 6.07) is 13.3. The Balaban J connectivity index is 1.33. The smallest absolute Gasteiger partial charge is 0.253 e. The average molecular weight is 442 g/mol. The Morgan fingerprint density at radius 2 is 1.83 bits per heavy atom. The van der Waals surface area contributed by atoms with E-state index in [0.717, 1.165) is 40.3 Å². The monoisotopic (exact) mass is 441 g/mol. The van der Waals surface area contributed by atoms with Gasteiger partial charge in [0.1, 0.15) is 17.4 Å². The lowest BCUT2D eigenvalue weighted by atomic mass is 10.1. The number of carbonyl (C=O) groups is 1. The van der Waals surface area contributed by atoms with Gasteiger partial charge in [0, 0.05) is 53.5 Å². The predicted octanol–water partition coefficient (Wildman–Crippen LogP) is 4.95. The molecule has 156 valence electrons. The molecular formula is C23H24ClN3O2S. The molecule has 0 N–H and O–H groups in total. The summed E-state index contributed by atoms with van der Waals surface area (Å²) >= 11 is 7.75. The number of thiazole rings is 1. The van der Waals surface area contributed by atoms with Crippen LogP contribution in [0.1, 0.15) is 26.6 Å². The van der Waals surface area contributed by atoms with Crippen LogP contribution in [0.5, 0.6) is 5.75 Å². The Morgan fingerprint density at radius 3 is 2.50 bits per heavy atom. The number of aromatic nitrogens is 1. The highest BCUT2D eigenvalue weighted by Crippen LogP contribution is 2.26. The van der Waals surface area contributed by atoms with E-state index < -0.39 is 0 Å². The van der Waals surface area contributed by atoms with Crippen LogP contribution in [0.2, 0.25) is 5.02 Å². The molecule has 0 radical (unpaired) electrons. The zero-order valence-electron chi connectivity index (χ0n) is 17.1. The van der Waals surface area contributed by atoms with Crippen LogP contribution in [-0.2, 0) is 6.61 Å². The highest BCUT2D eigenvalue weighted by molar-refractivity contribution is 7.09. The lowest BCUT2D eigenvalue weighted by molar-refractivity contribution is 0.0746. The van der Waals surface area contributed by atoms with Crippen molar-refractivity contribution in [2.24, 2.45) is 0 Å². The van der Waals surface area contributed by atoms with Crippen molar-refractivity contribution in [3.8, 4) is 5.75 Å². The van der Waals surface area contributed by atoms with Crippen LogP contribution < -0.4 is 9.64 Å². The second-order valence-corrected chi connectivity index (χ2v) is 8.78. The van der Waals surface area contributed by atoms with Gasteiger partial charge >= 0.3 is 0 Å². The lowest BCUT2D eigenvalue weighted by Crippen LogP contribution is -2.49. The SMILES string of the molecule is Cc1csc(COc2ccc(C(=O)N3CCN(c4cc(Cl)ccc4C)CC3)cc2)n1. The normalized spacial score (nSPS) is 14.1. The molecule has 1 aliphatic heterocycles. The minimum Gasteiger partial charge on any atom is -0.486 e. The van der Waals surface area contributed by atoms with Gasteiger partial charge in [0.2, 0.25) is 0 Å². The number of ether oxygens (including phenoxy) is 1. The van der Waals surface area contributed by atoms with Gasteiger partial charge in [0.15, 0.2) is 0 Å². The third kappa shape index (κ3) is 4.77. The number of rotatable bonds is 5. The third-order valence-electron chi connectivity index (χ3n) is 5.21. The molecule has 1 amide bonds. The summed E-state index contributed by atoms with van der Waals surface area (Å²) in [6.07, 6.45) is 0. The van der Waals surface area contributed by atoms with E-state index in [-0.39, 0.29) is 5.91 Å². The maximum atomic E-state index is 12.9. The Bertz CT molecular complexity index is 1030. The standard InChI is InChI=1S/C23H24ClN3O2S/c1-16-3-6-19(24)13-21(16)26-9-11-27(12-10-26)23(28)18-4-7-20(8-5-18)29-14-22-25-17(2)15-30-22/h3-8,13,15H,9-12,14H2,1-2H3. The van der Waals surface area contributed by atoms with E-state index >= 15 is 0 Å². The first-order valence-electron chi connectivity index (χ1n) is 9.94. The topological polar surface area (TPSA) is 45.7 Å². The van der Waals surface area contributed by atoms with E-state index in [2.05, 4.69) is 16.8 Å². The molecule has 1 saturated heterocycles. The Hall–Kier alpha value is -2.57. The van der Waals surface area contributed by atoms with Gasteiger partial charge in [0.05, 0.1) is 0 Å². The Labute approximate surface area is 185 Å².